The average Bonchev–Trinajstić information content (AvgIpc) is 3.42. The molecular formula is C70H134O6. The number of ether oxygens (including phenoxy) is 3. The van der Waals surface area contributed by atoms with Crippen LogP contribution < -0.4 is 0 Å². The van der Waals surface area contributed by atoms with Gasteiger partial charge in [-0.15, -0.1) is 0 Å². The largest absolute Gasteiger partial charge is 0.462 e. The molecule has 0 rings (SSSR count). The summed E-state index contributed by atoms with van der Waals surface area (Å²) in [5.41, 5.74) is 0. The molecule has 0 aliphatic carbocycles. The van der Waals surface area contributed by atoms with E-state index in [2.05, 4.69) is 32.9 Å². The molecule has 0 aliphatic heterocycles. The van der Waals surface area contributed by atoms with Gasteiger partial charge in [-0.05, 0) is 44.9 Å². The molecule has 0 spiro atoms. The van der Waals surface area contributed by atoms with Crippen LogP contribution >= 0.6 is 0 Å². The summed E-state index contributed by atoms with van der Waals surface area (Å²) in [6.07, 6.45) is 78.4. The molecular weight excluding hydrogens is 937 g/mol. The molecule has 1 unspecified atom stereocenters. The van der Waals surface area contributed by atoms with Crippen molar-refractivity contribution in [1.82, 2.24) is 0 Å². The van der Waals surface area contributed by atoms with Crippen molar-refractivity contribution in [2.75, 3.05) is 13.2 Å². The van der Waals surface area contributed by atoms with Crippen LogP contribution in [0.5, 0.6) is 0 Å². The van der Waals surface area contributed by atoms with Crippen molar-refractivity contribution in [2.24, 2.45) is 0 Å². The Bertz CT molecular complexity index is 1180. The molecule has 0 bridgehead atoms. The maximum atomic E-state index is 12.8. The second kappa shape index (κ2) is 65.7. The lowest BCUT2D eigenvalue weighted by Gasteiger charge is -2.18. The summed E-state index contributed by atoms with van der Waals surface area (Å²) in [6, 6.07) is 0. The van der Waals surface area contributed by atoms with Gasteiger partial charge in [0, 0.05) is 19.3 Å². The highest BCUT2D eigenvalue weighted by Crippen LogP contribution is 2.19. The summed E-state index contributed by atoms with van der Waals surface area (Å²) in [6.45, 7) is 6.70. The third-order valence-electron chi connectivity index (χ3n) is 16.0. The fourth-order valence-electron chi connectivity index (χ4n) is 10.8. The summed E-state index contributed by atoms with van der Waals surface area (Å²) in [7, 11) is 0. The Labute approximate surface area is 475 Å². The topological polar surface area (TPSA) is 78.9 Å². The van der Waals surface area contributed by atoms with Gasteiger partial charge in [0.25, 0.3) is 0 Å². The van der Waals surface area contributed by atoms with Crippen LogP contribution in [-0.4, -0.2) is 37.2 Å². The molecule has 0 aliphatic rings. The van der Waals surface area contributed by atoms with Gasteiger partial charge in [0.1, 0.15) is 13.2 Å². The van der Waals surface area contributed by atoms with Crippen molar-refractivity contribution in [3.05, 3.63) is 12.2 Å². The molecule has 0 aromatic carbocycles. The molecule has 0 radical (unpaired) electrons. The fraction of sp³-hybridized carbons (Fsp3) is 0.929. The number of allylic oxidation sites excluding steroid dienone is 2. The lowest BCUT2D eigenvalue weighted by molar-refractivity contribution is -0.167. The molecule has 0 saturated heterocycles. The van der Waals surface area contributed by atoms with Gasteiger partial charge in [-0.3, -0.25) is 14.4 Å². The molecule has 0 saturated carbocycles. The SMILES string of the molecule is CCCCCCCCCC/C=C\CCCCCCCCCCCCCCCCCCCCCCCCCC(=O)OCC(COC(=O)CCCCCCCCCCCCC)OC(=O)CCCCCCCCCCCCCC. The number of unbranched alkanes of at least 4 members (excludes halogenated alkanes) is 52. The van der Waals surface area contributed by atoms with Gasteiger partial charge >= 0.3 is 17.9 Å². The zero-order chi connectivity index (χ0) is 55.0. The van der Waals surface area contributed by atoms with Crippen molar-refractivity contribution in [1.29, 1.82) is 0 Å². The van der Waals surface area contributed by atoms with E-state index in [1.165, 1.54) is 302 Å². The minimum atomic E-state index is -0.762. The maximum absolute atomic E-state index is 12.8. The van der Waals surface area contributed by atoms with Crippen molar-refractivity contribution in [3.8, 4) is 0 Å². The summed E-state index contributed by atoms with van der Waals surface area (Å²) < 4.78 is 16.9. The third kappa shape index (κ3) is 63.0. The van der Waals surface area contributed by atoms with E-state index in [1.54, 1.807) is 0 Å². The molecule has 6 heteroatoms. The van der Waals surface area contributed by atoms with Crippen molar-refractivity contribution in [3.63, 3.8) is 0 Å². The van der Waals surface area contributed by atoms with Gasteiger partial charge in [0.15, 0.2) is 6.10 Å². The lowest BCUT2D eigenvalue weighted by Crippen LogP contribution is -2.30. The molecule has 0 heterocycles. The molecule has 76 heavy (non-hydrogen) atoms. The van der Waals surface area contributed by atoms with Gasteiger partial charge < -0.3 is 14.2 Å². The van der Waals surface area contributed by atoms with Crippen LogP contribution in [0.1, 0.15) is 400 Å². The van der Waals surface area contributed by atoms with Crippen LogP contribution in [0, 0.1) is 0 Å². The number of rotatable bonds is 65. The van der Waals surface area contributed by atoms with E-state index in [4.69, 9.17) is 14.2 Å². The second-order valence-corrected chi connectivity index (χ2v) is 23.8. The number of hydrogen-bond donors (Lipinski definition) is 0. The van der Waals surface area contributed by atoms with Crippen molar-refractivity contribution >= 4 is 17.9 Å². The molecule has 450 valence electrons. The lowest BCUT2D eigenvalue weighted by atomic mass is 10.0. The van der Waals surface area contributed by atoms with E-state index in [1.807, 2.05) is 0 Å². The van der Waals surface area contributed by atoms with Crippen LogP contribution in [-0.2, 0) is 28.6 Å². The fourth-order valence-corrected chi connectivity index (χ4v) is 10.8. The molecule has 6 nitrogen and oxygen atoms in total. The first kappa shape index (κ1) is 74.2. The smallest absolute Gasteiger partial charge is 0.306 e. The molecule has 0 fully saturated rings. The first-order valence-corrected chi connectivity index (χ1v) is 34.7. The first-order chi connectivity index (χ1) is 37.5. The summed E-state index contributed by atoms with van der Waals surface area (Å²) >= 11 is 0. The number of hydrogen-bond acceptors (Lipinski definition) is 6. The molecule has 0 aromatic rings. The van der Waals surface area contributed by atoms with E-state index in [0.29, 0.717) is 19.3 Å². The Hall–Kier alpha value is -1.85. The average molecular weight is 1070 g/mol. The monoisotopic (exact) mass is 1070 g/mol. The van der Waals surface area contributed by atoms with E-state index in [0.717, 1.165) is 57.8 Å². The maximum Gasteiger partial charge on any atom is 0.306 e. The van der Waals surface area contributed by atoms with Crippen LogP contribution in [0.3, 0.4) is 0 Å². The second-order valence-electron chi connectivity index (χ2n) is 23.8. The third-order valence-corrected chi connectivity index (χ3v) is 16.0. The zero-order valence-electron chi connectivity index (χ0n) is 51.8. The van der Waals surface area contributed by atoms with Crippen LogP contribution in [0.25, 0.3) is 0 Å². The Morgan fingerprint density at radius 2 is 0.434 bits per heavy atom. The van der Waals surface area contributed by atoms with E-state index < -0.39 is 6.10 Å². The summed E-state index contributed by atoms with van der Waals surface area (Å²) in [5, 5.41) is 0. The van der Waals surface area contributed by atoms with Gasteiger partial charge in [0.05, 0.1) is 0 Å². The van der Waals surface area contributed by atoms with Crippen LogP contribution in [0.4, 0.5) is 0 Å². The molecule has 1 atom stereocenters. The summed E-state index contributed by atoms with van der Waals surface area (Å²) in [4.78, 5) is 38.2. The quantitative estimate of drug-likeness (QED) is 0.0261. The normalized spacial score (nSPS) is 12.0. The van der Waals surface area contributed by atoms with E-state index in [9.17, 15) is 14.4 Å². The zero-order valence-corrected chi connectivity index (χ0v) is 51.8. The van der Waals surface area contributed by atoms with Gasteiger partial charge in [-0.1, -0.05) is 348 Å². The Morgan fingerprint density at radius 1 is 0.250 bits per heavy atom. The predicted octanol–water partition coefficient (Wildman–Crippen LogP) is 23.6. The van der Waals surface area contributed by atoms with Crippen LogP contribution in [0.15, 0.2) is 12.2 Å². The van der Waals surface area contributed by atoms with Gasteiger partial charge in [-0.25, -0.2) is 0 Å². The first-order valence-electron chi connectivity index (χ1n) is 34.7. The molecule has 0 aromatic heterocycles. The van der Waals surface area contributed by atoms with Crippen LogP contribution in [0.2, 0.25) is 0 Å². The minimum absolute atomic E-state index is 0.0622. The number of carbonyl (C=O) groups excluding carboxylic acids is 3. The highest BCUT2D eigenvalue weighted by Gasteiger charge is 2.19. The molecule has 0 N–H and O–H groups in total. The minimum Gasteiger partial charge on any atom is -0.462 e. The predicted molar refractivity (Wildman–Crippen MR) is 330 cm³/mol. The Balaban J connectivity index is 3.93. The van der Waals surface area contributed by atoms with Gasteiger partial charge in [-0.2, -0.15) is 0 Å². The van der Waals surface area contributed by atoms with Crippen molar-refractivity contribution in [2.45, 2.75) is 406 Å². The van der Waals surface area contributed by atoms with E-state index >= 15 is 0 Å². The highest BCUT2D eigenvalue weighted by atomic mass is 16.6. The number of esters is 3. The number of carbonyl (C=O) groups is 3. The Morgan fingerprint density at radius 3 is 0.658 bits per heavy atom. The highest BCUT2D eigenvalue weighted by molar-refractivity contribution is 5.71. The summed E-state index contributed by atoms with van der Waals surface area (Å²) in [5.74, 6) is -0.834. The Kier molecular flexibility index (Phi) is 64.1. The standard InChI is InChI=1S/C70H134O6/c1-4-7-10-13-16-19-22-24-25-26-27-28-29-30-31-32-33-34-35-36-37-38-39-40-41-42-43-44-45-46-49-51-54-57-60-63-69(72)75-66-67(65-74-68(71)62-59-56-53-50-47-21-18-15-12-9-6-3)76-70(73)64-61-58-55-52-48-23-20-17-14-11-8-5-2/h26-27,67H,4-25,28-66H2,1-3H3/b27-26-. The van der Waals surface area contributed by atoms with E-state index in [-0.39, 0.29) is 31.1 Å². The molecule has 0 amide bonds. The van der Waals surface area contributed by atoms with Crippen molar-refractivity contribution < 1.29 is 28.6 Å². The van der Waals surface area contributed by atoms with Gasteiger partial charge in [0.2, 0.25) is 0 Å².